The molecule has 0 saturated heterocycles. The van der Waals surface area contributed by atoms with Crippen LogP contribution >= 0.6 is 0 Å². The molecule has 0 spiro atoms. The number of anilines is 4. The smallest absolute Gasteiger partial charge is 0.356 e. The lowest BCUT2D eigenvalue weighted by Gasteiger charge is -2.11. The van der Waals surface area contributed by atoms with E-state index in [0.29, 0.717) is 45.4 Å². The first-order valence-electron chi connectivity index (χ1n) is 21.5. The van der Waals surface area contributed by atoms with E-state index >= 15 is 0 Å². The van der Waals surface area contributed by atoms with E-state index in [-0.39, 0.29) is 46.9 Å². The van der Waals surface area contributed by atoms with Gasteiger partial charge in [0.2, 0.25) is 11.8 Å². The highest BCUT2D eigenvalue weighted by molar-refractivity contribution is 6.00. The molecule has 0 aliphatic heterocycles. The standard InChI is InChI=1S/2C24H23N7O3/c2*1-12-4-20(24(33)34-3)26-9-17(12)19-5-13-6-21(27-10-18(13)22(25)29-19)30-23(32)16-7-15(16)14-8-28-31(2)11-14/h2*4-6,8-11,15-16H,7H2,1-3H3,(H2,25,29)(H,27,30,32)/t2*15-,16+/m10/s1. The number of amides is 2. The number of methoxy groups -OCH3 is 2. The highest BCUT2D eigenvalue weighted by Gasteiger charge is 2.45. The van der Waals surface area contributed by atoms with E-state index in [1.54, 1.807) is 70.8 Å². The van der Waals surface area contributed by atoms with Gasteiger partial charge in [0.1, 0.15) is 34.7 Å². The van der Waals surface area contributed by atoms with Crippen molar-refractivity contribution in [1.82, 2.24) is 49.5 Å². The molecule has 20 heteroatoms. The molecule has 8 aromatic rings. The van der Waals surface area contributed by atoms with Crippen molar-refractivity contribution in [2.75, 3.05) is 36.3 Å². The maximum atomic E-state index is 12.8. The average Bonchev–Trinajstić information content (AvgIpc) is 4.22. The van der Waals surface area contributed by atoms with Gasteiger partial charge in [0.25, 0.3) is 0 Å². The molecule has 8 heterocycles. The van der Waals surface area contributed by atoms with Crippen molar-refractivity contribution in [3.8, 4) is 22.5 Å². The van der Waals surface area contributed by atoms with Crippen molar-refractivity contribution >= 4 is 68.6 Å². The number of hydrogen-bond acceptors (Lipinski definition) is 16. The first-order chi connectivity index (χ1) is 32.7. The van der Waals surface area contributed by atoms with Gasteiger partial charge in [-0.3, -0.25) is 19.0 Å². The molecule has 0 bridgehead atoms. The Kier molecular flexibility index (Phi) is 11.8. The van der Waals surface area contributed by atoms with E-state index in [1.165, 1.54) is 14.2 Å². The van der Waals surface area contributed by atoms with Gasteiger partial charge in [-0.25, -0.2) is 39.5 Å². The van der Waals surface area contributed by atoms with Crippen molar-refractivity contribution in [2.24, 2.45) is 25.9 Å². The molecule has 6 N–H and O–H groups in total. The number of nitrogens with two attached hydrogens (primary N) is 2. The van der Waals surface area contributed by atoms with Crippen molar-refractivity contribution in [3.05, 3.63) is 120 Å². The average molecular weight is 915 g/mol. The molecule has 0 unspecified atom stereocenters. The highest BCUT2D eigenvalue weighted by atomic mass is 16.5. The lowest BCUT2D eigenvalue weighted by molar-refractivity contribution is -0.118. The molecular weight excluding hydrogens is 869 g/mol. The number of rotatable bonds is 10. The van der Waals surface area contributed by atoms with Crippen LogP contribution in [-0.4, -0.2) is 87.4 Å². The van der Waals surface area contributed by atoms with Gasteiger partial charge in [0.05, 0.1) is 38.0 Å². The number of nitrogen functional groups attached to an aromatic ring is 2. The number of hydrogen-bond donors (Lipinski definition) is 4. The minimum Gasteiger partial charge on any atom is -0.464 e. The summed E-state index contributed by atoms with van der Waals surface area (Å²) in [5.74, 6) is 0.548. The van der Waals surface area contributed by atoms with Crippen LogP contribution in [0.3, 0.4) is 0 Å². The molecule has 4 atom stereocenters. The van der Waals surface area contributed by atoms with Gasteiger partial charge in [-0.1, -0.05) is 0 Å². The number of esters is 2. The fourth-order valence-corrected chi connectivity index (χ4v) is 8.25. The van der Waals surface area contributed by atoms with E-state index in [9.17, 15) is 19.2 Å². The minimum atomic E-state index is -0.506. The number of fused-ring (bicyclic) bond motifs is 2. The monoisotopic (exact) mass is 914 g/mol. The van der Waals surface area contributed by atoms with Gasteiger partial charge in [-0.15, -0.1) is 0 Å². The zero-order valence-electron chi connectivity index (χ0n) is 37.9. The summed E-state index contributed by atoms with van der Waals surface area (Å²) >= 11 is 0. The van der Waals surface area contributed by atoms with Crippen LogP contribution in [0.2, 0.25) is 0 Å². The van der Waals surface area contributed by atoms with Gasteiger partial charge < -0.3 is 31.6 Å². The molecule has 0 aromatic carbocycles. The Morgan fingerprint density at radius 2 is 1.00 bits per heavy atom. The molecule has 8 aromatic heterocycles. The Hall–Kier alpha value is -8.68. The van der Waals surface area contributed by atoms with Crippen molar-refractivity contribution in [1.29, 1.82) is 0 Å². The molecular formula is C48H46N14O6. The van der Waals surface area contributed by atoms with E-state index in [2.05, 4.69) is 50.7 Å². The number of carbonyl (C=O) groups excluding carboxylic acids is 4. The Labute approximate surface area is 388 Å². The molecule has 344 valence electrons. The third-order valence-electron chi connectivity index (χ3n) is 12.1. The van der Waals surface area contributed by atoms with Crippen molar-refractivity contribution < 1.29 is 28.7 Å². The summed E-state index contributed by atoms with van der Waals surface area (Å²) in [5, 5.41) is 17.1. The predicted octanol–water partition coefficient (Wildman–Crippen LogP) is 5.69. The van der Waals surface area contributed by atoms with Crippen LogP contribution < -0.4 is 22.1 Å². The van der Waals surface area contributed by atoms with Crippen LogP contribution in [-0.2, 0) is 33.2 Å². The van der Waals surface area contributed by atoms with Crippen LogP contribution in [0, 0.1) is 25.7 Å². The number of nitrogens with zero attached hydrogens (tertiary/aromatic N) is 10. The minimum absolute atomic E-state index is 0.0681. The molecule has 68 heavy (non-hydrogen) atoms. The summed E-state index contributed by atoms with van der Waals surface area (Å²) in [7, 11) is 6.34. The van der Waals surface area contributed by atoms with Gasteiger partial charge in [0.15, 0.2) is 0 Å². The predicted molar refractivity (Wildman–Crippen MR) is 252 cm³/mol. The number of aromatic nitrogens is 10. The van der Waals surface area contributed by atoms with Crippen LogP contribution in [0.25, 0.3) is 44.1 Å². The fourth-order valence-electron chi connectivity index (χ4n) is 8.25. The molecule has 2 fully saturated rings. The van der Waals surface area contributed by atoms with Crippen LogP contribution in [0.4, 0.5) is 23.3 Å². The van der Waals surface area contributed by atoms with Gasteiger partial charge in [-0.05, 0) is 108 Å². The van der Waals surface area contributed by atoms with Crippen molar-refractivity contribution in [2.45, 2.75) is 38.5 Å². The fraction of sp³-hybridized carbons (Fsp3) is 0.250. The number of pyridine rings is 6. The maximum absolute atomic E-state index is 12.8. The Morgan fingerprint density at radius 1 is 0.588 bits per heavy atom. The summed E-state index contributed by atoms with van der Waals surface area (Å²) in [6.07, 6.45) is 15.4. The van der Waals surface area contributed by atoms with Gasteiger partial charge in [-0.2, -0.15) is 10.2 Å². The Balaban J connectivity index is 0.000000170. The molecule has 20 nitrogen and oxygen atoms in total. The third-order valence-corrected chi connectivity index (χ3v) is 12.1. The van der Waals surface area contributed by atoms with Crippen LogP contribution in [0.5, 0.6) is 0 Å². The Morgan fingerprint density at radius 3 is 1.35 bits per heavy atom. The number of ether oxygens (including phenoxy) is 2. The van der Waals surface area contributed by atoms with Gasteiger partial charge >= 0.3 is 11.9 Å². The maximum Gasteiger partial charge on any atom is 0.356 e. The summed E-state index contributed by atoms with van der Waals surface area (Å²) in [4.78, 5) is 75.1. The largest absolute Gasteiger partial charge is 0.464 e. The van der Waals surface area contributed by atoms with Crippen LogP contribution in [0.1, 0.15) is 67.9 Å². The summed E-state index contributed by atoms with van der Waals surface area (Å²) in [6, 6.07) is 10.6. The van der Waals surface area contributed by atoms with Crippen molar-refractivity contribution in [3.63, 3.8) is 0 Å². The third kappa shape index (κ3) is 9.10. The number of carbonyl (C=O) groups is 4. The summed E-state index contributed by atoms with van der Waals surface area (Å²) in [5.41, 5.74) is 19.3. The Bertz CT molecular complexity index is 3110. The second kappa shape index (κ2) is 17.9. The zero-order valence-corrected chi connectivity index (χ0v) is 37.9. The van der Waals surface area contributed by atoms with E-state index in [1.807, 2.05) is 52.5 Å². The van der Waals surface area contributed by atoms with Crippen LogP contribution in [0.15, 0.2) is 86.0 Å². The SMILES string of the molecule is COC(=O)c1cc(C)c(-c2cc3cc(NC(=O)[C@@H]4C[C@H]4c4cnn(C)c4)ncc3c(N)n2)cn1.COC(=O)c1cc(C)c(-c2cc3cc(NC(=O)[C@H]4C[C@@H]4c4cnn(C)c4)ncc3c(N)n2)cn1. The number of nitrogens with one attached hydrogen (secondary N) is 2. The molecule has 2 saturated carbocycles. The second-order valence-electron chi connectivity index (χ2n) is 16.9. The van der Waals surface area contributed by atoms with E-state index in [4.69, 9.17) is 20.9 Å². The summed E-state index contributed by atoms with van der Waals surface area (Å²) < 4.78 is 12.9. The van der Waals surface area contributed by atoms with Gasteiger partial charge in [0, 0.05) is 85.0 Å². The number of aryl methyl sites for hydroxylation is 4. The summed E-state index contributed by atoms with van der Waals surface area (Å²) in [6.45, 7) is 3.72. The zero-order chi connectivity index (χ0) is 48.0. The quantitative estimate of drug-likeness (QED) is 0.120. The first kappa shape index (κ1) is 44.5. The topological polar surface area (TPSA) is 276 Å². The molecule has 2 amide bonds. The lowest BCUT2D eigenvalue weighted by atomic mass is 10.0. The highest BCUT2D eigenvalue weighted by Crippen LogP contribution is 2.49. The molecule has 10 rings (SSSR count). The second-order valence-corrected chi connectivity index (χ2v) is 16.9. The first-order valence-corrected chi connectivity index (χ1v) is 21.5. The lowest BCUT2D eigenvalue weighted by Crippen LogP contribution is -2.15. The molecule has 0 radical (unpaired) electrons. The van der Waals surface area contributed by atoms with E-state index in [0.717, 1.165) is 57.0 Å². The molecule has 2 aliphatic carbocycles. The van der Waals surface area contributed by atoms with E-state index < -0.39 is 11.9 Å². The molecule has 2 aliphatic rings. The normalized spacial score (nSPS) is 16.9.